The van der Waals surface area contributed by atoms with Crippen LogP contribution in [-0.2, 0) is 0 Å². The maximum Gasteiger partial charge on any atom is 0.122 e. The molecule has 1 aliphatic carbocycles. The summed E-state index contributed by atoms with van der Waals surface area (Å²) in [5.41, 5.74) is 1.36. The molecule has 1 aliphatic heterocycles. The van der Waals surface area contributed by atoms with E-state index in [1.807, 2.05) is 6.07 Å². The Balaban J connectivity index is 1.51. The summed E-state index contributed by atoms with van der Waals surface area (Å²) in [5.74, 6) is 2.44. The molecule has 0 bridgehead atoms. The molecule has 1 N–H and O–H groups in total. The Bertz CT molecular complexity index is 423. The fraction of sp³-hybridized carbons (Fsp3) is 0.625. The van der Waals surface area contributed by atoms with Gasteiger partial charge < -0.3 is 10.1 Å². The number of para-hydroxylation sites is 1. The SMILES string of the molecule is ClC1CCC(CNCC2CCOc3ccccc32)C1. The van der Waals surface area contributed by atoms with Gasteiger partial charge in [0.15, 0.2) is 0 Å². The van der Waals surface area contributed by atoms with Gasteiger partial charge in [0, 0.05) is 17.8 Å². The number of benzene rings is 1. The number of nitrogens with one attached hydrogen (secondary N) is 1. The molecule has 1 fully saturated rings. The van der Waals surface area contributed by atoms with Gasteiger partial charge in [0.2, 0.25) is 0 Å². The summed E-state index contributed by atoms with van der Waals surface area (Å²) in [6.07, 6.45) is 4.77. The van der Waals surface area contributed by atoms with E-state index in [1.165, 1.54) is 24.8 Å². The zero-order valence-corrected chi connectivity index (χ0v) is 12.0. The molecule has 1 saturated carbocycles. The summed E-state index contributed by atoms with van der Waals surface area (Å²) in [6, 6.07) is 8.44. The van der Waals surface area contributed by atoms with Crippen molar-refractivity contribution in [1.82, 2.24) is 5.32 Å². The molecule has 19 heavy (non-hydrogen) atoms. The van der Waals surface area contributed by atoms with Gasteiger partial charge in [0.05, 0.1) is 6.61 Å². The molecule has 104 valence electrons. The summed E-state index contributed by atoms with van der Waals surface area (Å²) in [6.45, 7) is 3.02. The molecule has 3 unspecified atom stereocenters. The van der Waals surface area contributed by atoms with Crippen LogP contribution in [0.15, 0.2) is 24.3 Å². The molecule has 3 atom stereocenters. The van der Waals surface area contributed by atoms with Crippen LogP contribution in [0.25, 0.3) is 0 Å². The summed E-state index contributed by atoms with van der Waals surface area (Å²) >= 11 is 6.16. The molecule has 1 aromatic rings. The van der Waals surface area contributed by atoms with Gasteiger partial charge in [-0.05, 0) is 49.8 Å². The van der Waals surface area contributed by atoms with Gasteiger partial charge in [0.1, 0.15) is 5.75 Å². The van der Waals surface area contributed by atoms with E-state index < -0.39 is 0 Å². The van der Waals surface area contributed by atoms with E-state index in [-0.39, 0.29) is 0 Å². The molecule has 0 amide bonds. The van der Waals surface area contributed by atoms with Gasteiger partial charge >= 0.3 is 0 Å². The fourth-order valence-electron chi connectivity index (χ4n) is 3.29. The Kier molecular flexibility index (Phi) is 4.29. The average molecular weight is 280 g/mol. The number of fused-ring (bicyclic) bond motifs is 1. The predicted molar refractivity (Wildman–Crippen MR) is 79.1 cm³/mol. The van der Waals surface area contributed by atoms with Crippen LogP contribution >= 0.6 is 11.6 Å². The van der Waals surface area contributed by atoms with Gasteiger partial charge in [-0.1, -0.05) is 18.2 Å². The third kappa shape index (κ3) is 3.24. The van der Waals surface area contributed by atoms with E-state index >= 15 is 0 Å². The van der Waals surface area contributed by atoms with E-state index in [2.05, 4.69) is 23.5 Å². The van der Waals surface area contributed by atoms with Crippen LogP contribution in [0.5, 0.6) is 5.75 Å². The van der Waals surface area contributed by atoms with Crippen LogP contribution in [0, 0.1) is 5.92 Å². The number of alkyl halides is 1. The molecule has 3 rings (SSSR count). The second-order valence-corrected chi connectivity index (χ2v) is 6.42. The van der Waals surface area contributed by atoms with Crippen molar-refractivity contribution in [2.45, 2.75) is 37.0 Å². The normalized spacial score (nSPS) is 29.8. The molecular weight excluding hydrogens is 258 g/mol. The van der Waals surface area contributed by atoms with Gasteiger partial charge in [-0.25, -0.2) is 0 Å². The van der Waals surface area contributed by atoms with E-state index in [9.17, 15) is 0 Å². The molecule has 0 spiro atoms. The quantitative estimate of drug-likeness (QED) is 0.851. The lowest BCUT2D eigenvalue weighted by Gasteiger charge is -2.26. The molecular formula is C16H22ClNO. The first-order valence-electron chi connectivity index (χ1n) is 7.39. The second-order valence-electron chi connectivity index (χ2n) is 5.81. The molecule has 2 aliphatic rings. The van der Waals surface area contributed by atoms with Crippen molar-refractivity contribution in [2.24, 2.45) is 5.92 Å². The minimum Gasteiger partial charge on any atom is -0.493 e. The molecule has 2 nitrogen and oxygen atoms in total. The molecule has 1 aromatic carbocycles. The number of halogens is 1. The van der Waals surface area contributed by atoms with E-state index in [4.69, 9.17) is 16.3 Å². The topological polar surface area (TPSA) is 21.3 Å². The first-order chi connectivity index (χ1) is 9.33. The Morgan fingerprint density at radius 2 is 2.05 bits per heavy atom. The van der Waals surface area contributed by atoms with Crippen LogP contribution in [0.3, 0.4) is 0 Å². The van der Waals surface area contributed by atoms with Crippen molar-refractivity contribution in [3.05, 3.63) is 29.8 Å². The number of hydrogen-bond acceptors (Lipinski definition) is 2. The highest BCUT2D eigenvalue weighted by Gasteiger charge is 2.24. The van der Waals surface area contributed by atoms with Crippen LogP contribution < -0.4 is 10.1 Å². The smallest absolute Gasteiger partial charge is 0.122 e. The third-order valence-corrected chi connectivity index (χ3v) is 4.78. The highest BCUT2D eigenvalue weighted by atomic mass is 35.5. The molecule has 0 radical (unpaired) electrons. The molecule has 0 aromatic heterocycles. The van der Waals surface area contributed by atoms with Crippen molar-refractivity contribution in [1.29, 1.82) is 0 Å². The van der Waals surface area contributed by atoms with E-state index in [0.717, 1.165) is 37.8 Å². The fourth-order valence-corrected chi connectivity index (χ4v) is 3.67. The highest BCUT2D eigenvalue weighted by Crippen LogP contribution is 2.33. The number of rotatable bonds is 4. The lowest BCUT2D eigenvalue weighted by atomic mass is 9.93. The molecule has 1 heterocycles. The lowest BCUT2D eigenvalue weighted by molar-refractivity contribution is 0.263. The first kappa shape index (κ1) is 13.3. The van der Waals surface area contributed by atoms with Crippen molar-refractivity contribution < 1.29 is 4.74 Å². The highest BCUT2D eigenvalue weighted by molar-refractivity contribution is 6.20. The van der Waals surface area contributed by atoms with Crippen LogP contribution in [0.4, 0.5) is 0 Å². The van der Waals surface area contributed by atoms with Crippen molar-refractivity contribution in [2.75, 3.05) is 19.7 Å². The second kappa shape index (κ2) is 6.15. The summed E-state index contributed by atoms with van der Waals surface area (Å²) in [7, 11) is 0. The van der Waals surface area contributed by atoms with Gasteiger partial charge in [0.25, 0.3) is 0 Å². The van der Waals surface area contributed by atoms with Gasteiger partial charge in [-0.2, -0.15) is 0 Å². The average Bonchev–Trinajstić information content (AvgIpc) is 2.85. The van der Waals surface area contributed by atoms with Crippen molar-refractivity contribution in [3.63, 3.8) is 0 Å². The minimum atomic E-state index is 0.413. The third-order valence-electron chi connectivity index (χ3n) is 4.38. The van der Waals surface area contributed by atoms with E-state index in [0.29, 0.717) is 11.3 Å². The van der Waals surface area contributed by atoms with Gasteiger partial charge in [-0.3, -0.25) is 0 Å². The van der Waals surface area contributed by atoms with Crippen molar-refractivity contribution in [3.8, 4) is 5.75 Å². The zero-order valence-electron chi connectivity index (χ0n) is 11.3. The lowest BCUT2D eigenvalue weighted by Crippen LogP contribution is -2.29. The molecule has 3 heteroatoms. The maximum atomic E-state index is 6.16. The summed E-state index contributed by atoms with van der Waals surface area (Å²) in [5, 5.41) is 4.06. The summed E-state index contributed by atoms with van der Waals surface area (Å²) < 4.78 is 5.70. The van der Waals surface area contributed by atoms with Crippen LogP contribution in [0.1, 0.15) is 37.2 Å². The Hall–Kier alpha value is -0.730. The monoisotopic (exact) mass is 279 g/mol. The van der Waals surface area contributed by atoms with E-state index in [1.54, 1.807) is 0 Å². The minimum absolute atomic E-state index is 0.413. The molecule has 0 saturated heterocycles. The first-order valence-corrected chi connectivity index (χ1v) is 7.83. The predicted octanol–water partition coefficient (Wildman–Crippen LogP) is 3.55. The Morgan fingerprint density at radius 1 is 1.16 bits per heavy atom. The zero-order chi connectivity index (χ0) is 13.1. The largest absolute Gasteiger partial charge is 0.493 e. The van der Waals surface area contributed by atoms with Crippen LogP contribution in [-0.4, -0.2) is 25.1 Å². The van der Waals surface area contributed by atoms with Gasteiger partial charge in [-0.15, -0.1) is 11.6 Å². The maximum absolute atomic E-state index is 6.16. The standard InChI is InChI=1S/C16H22ClNO/c17-14-6-5-12(9-14)10-18-11-13-7-8-19-16-4-2-1-3-15(13)16/h1-4,12-14,18H,5-11H2. The Morgan fingerprint density at radius 3 is 2.89 bits per heavy atom. The summed E-state index contributed by atoms with van der Waals surface area (Å²) in [4.78, 5) is 0. The van der Waals surface area contributed by atoms with Crippen LogP contribution in [0.2, 0.25) is 0 Å². The number of hydrogen-bond donors (Lipinski definition) is 1. The Labute approximate surface area is 120 Å². The van der Waals surface area contributed by atoms with Crippen molar-refractivity contribution >= 4 is 11.6 Å². The number of ether oxygens (including phenoxy) is 1.